The van der Waals surface area contributed by atoms with Gasteiger partial charge in [0.25, 0.3) is 0 Å². The molecule has 2 atom stereocenters. The van der Waals surface area contributed by atoms with Crippen LogP contribution in [0, 0.1) is 11.2 Å². The molecule has 1 aliphatic carbocycles. The van der Waals surface area contributed by atoms with Crippen LogP contribution >= 0.6 is 11.6 Å². The Hall–Kier alpha value is -3.19. The number of ether oxygens (including phenoxy) is 2. The number of aromatic amines is 1. The minimum atomic E-state index is -0.892. The third-order valence-corrected chi connectivity index (χ3v) is 11.7. The van der Waals surface area contributed by atoms with Crippen LogP contribution in [0.4, 0.5) is 14.6 Å². The lowest BCUT2D eigenvalue weighted by molar-refractivity contribution is -0.167. The first-order valence-corrected chi connectivity index (χ1v) is 17.2. The molecule has 9 heterocycles. The van der Waals surface area contributed by atoms with Gasteiger partial charge in [0, 0.05) is 54.8 Å². The lowest BCUT2D eigenvalue weighted by Gasteiger charge is -2.57. The molecule has 47 heavy (non-hydrogen) atoms. The summed E-state index contributed by atoms with van der Waals surface area (Å²) in [5.41, 5.74) is 0.863. The molecule has 0 radical (unpaired) electrons. The van der Waals surface area contributed by atoms with Crippen molar-refractivity contribution >= 4 is 39.2 Å². The summed E-state index contributed by atoms with van der Waals surface area (Å²) in [5, 5.41) is 20.2. The third kappa shape index (κ3) is 4.89. The highest BCUT2D eigenvalue weighted by Crippen LogP contribution is 2.54. The highest BCUT2D eigenvalue weighted by molar-refractivity contribution is 6.33. The van der Waals surface area contributed by atoms with Crippen molar-refractivity contribution < 1.29 is 23.4 Å². The average molecular weight is 666 g/mol. The zero-order valence-electron chi connectivity index (χ0n) is 26.2. The van der Waals surface area contributed by atoms with Crippen LogP contribution in [0.25, 0.3) is 33.1 Å². The van der Waals surface area contributed by atoms with Crippen LogP contribution in [-0.4, -0.2) is 98.5 Å². The first-order valence-electron chi connectivity index (χ1n) is 16.8. The number of pyridine rings is 1. The zero-order valence-corrected chi connectivity index (χ0v) is 27.0. The second-order valence-electron chi connectivity index (χ2n) is 14.7. The average Bonchev–Trinajstić information content (AvgIpc) is 3.73. The summed E-state index contributed by atoms with van der Waals surface area (Å²) < 4.78 is 44.0. The van der Waals surface area contributed by atoms with Crippen molar-refractivity contribution in [3.8, 4) is 17.3 Å². The van der Waals surface area contributed by atoms with Crippen molar-refractivity contribution in [2.24, 2.45) is 5.41 Å². The SMILES string of the molecule is OC12COCCCc3c(Cl)cc4[nH]ncc4c3-c3ncc4c(nc(OC[C@@]56CCCN5C[C@H](F)C6)nc4c3F)N3CCCC(C3)(C1)C2. The molecule has 0 unspecified atom stereocenters. The standard InChI is InChI=1S/C34H38ClF2N7O3/c35-24-10-25-22(13-39-42-25)26-21(24)4-1-9-46-19-34(45)15-32(16-34)5-2-7-43(17-32)30-23-12-38-29(26)27(37)28(23)40-31(41-30)47-18-33-6-3-8-44(33)14-20(36)11-33/h10,12-13,20,45H,1-9,11,14-19H2,(H,39,42)/t20-,32?,33+,34?/m1/s1. The highest BCUT2D eigenvalue weighted by atomic mass is 35.5. The number of alkyl halides is 1. The highest BCUT2D eigenvalue weighted by Gasteiger charge is 2.55. The molecule has 6 aliphatic heterocycles. The Morgan fingerprint density at radius 2 is 2.00 bits per heavy atom. The number of nitrogens with one attached hydrogen (secondary N) is 1. The monoisotopic (exact) mass is 665 g/mol. The van der Waals surface area contributed by atoms with Crippen LogP contribution in [0.2, 0.25) is 5.02 Å². The predicted molar refractivity (Wildman–Crippen MR) is 173 cm³/mol. The van der Waals surface area contributed by atoms with E-state index in [1.54, 1.807) is 18.5 Å². The van der Waals surface area contributed by atoms with E-state index < -0.39 is 23.1 Å². The van der Waals surface area contributed by atoms with E-state index in [0.717, 1.165) is 44.3 Å². The van der Waals surface area contributed by atoms with Crippen LogP contribution in [-0.2, 0) is 11.2 Å². The van der Waals surface area contributed by atoms with Gasteiger partial charge in [-0.1, -0.05) is 11.6 Å². The number of hydrogen-bond donors (Lipinski definition) is 2. The number of nitrogens with zero attached hydrogens (tertiary/aromatic N) is 6. The number of piperidine rings is 1. The van der Waals surface area contributed by atoms with Gasteiger partial charge in [-0.05, 0) is 75.0 Å². The van der Waals surface area contributed by atoms with E-state index in [9.17, 15) is 9.50 Å². The van der Waals surface area contributed by atoms with E-state index >= 15 is 4.39 Å². The van der Waals surface area contributed by atoms with Gasteiger partial charge in [0.2, 0.25) is 0 Å². The van der Waals surface area contributed by atoms with E-state index in [-0.39, 0.29) is 35.8 Å². The third-order valence-electron chi connectivity index (χ3n) is 11.4. The molecule has 1 aromatic carbocycles. The number of hydrogen-bond acceptors (Lipinski definition) is 9. The van der Waals surface area contributed by atoms with Crippen molar-refractivity contribution in [2.45, 2.75) is 75.1 Å². The van der Waals surface area contributed by atoms with Crippen LogP contribution in [0.3, 0.4) is 0 Å². The normalized spacial score (nSPS) is 30.9. The molecule has 7 bridgehead atoms. The number of H-pyrrole nitrogens is 1. The minimum Gasteiger partial charge on any atom is -0.461 e. The summed E-state index contributed by atoms with van der Waals surface area (Å²) >= 11 is 6.84. The van der Waals surface area contributed by atoms with Crippen molar-refractivity contribution in [3.63, 3.8) is 0 Å². The Bertz CT molecular complexity index is 1880. The van der Waals surface area contributed by atoms with Gasteiger partial charge in [0.1, 0.15) is 29.8 Å². The Morgan fingerprint density at radius 1 is 1.13 bits per heavy atom. The van der Waals surface area contributed by atoms with Crippen molar-refractivity contribution in [2.75, 3.05) is 50.9 Å². The van der Waals surface area contributed by atoms with Crippen LogP contribution in [0.5, 0.6) is 6.01 Å². The molecule has 3 aromatic heterocycles. The van der Waals surface area contributed by atoms with Gasteiger partial charge < -0.3 is 19.5 Å². The first kappa shape index (κ1) is 29.9. The number of rotatable bonds is 3. The van der Waals surface area contributed by atoms with E-state index in [1.165, 1.54) is 0 Å². The Balaban J connectivity index is 1.20. The van der Waals surface area contributed by atoms with Gasteiger partial charge in [0.05, 0.1) is 34.8 Å². The Labute approximate surface area is 275 Å². The molecular weight excluding hydrogens is 628 g/mol. The van der Waals surface area contributed by atoms with Crippen molar-refractivity contribution in [1.29, 1.82) is 0 Å². The molecule has 13 heteroatoms. The van der Waals surface area contributed by atoms with Crippen LogP contribution < -0.4 is 9.64 Å². The number of aromatic nitrogens is 5. The van der Waals surface area contributed by atoms with Crippen molar-refractivity contribution in [3.05, 3.63) is 34.9 Å². The molecule has 7 aliphatic rings. The topological polar surface area (TPSA) is 113 Å². The molecule has 1 saturated carbocycles. The predicted octanol–water partition coefficient (Wildman–Crippen LogP) is 5.39. The lowest BCUT2D eigenvalue weighted by atomic mass is 9.56. The molecule has 0 amide bonds. The molecule has 11 rings (SSSR count). The van der Waals surface area contributed by atoms with E-state index in [1.807, 2.05) is 0 Å². The van der Waals surface area contributed by atoms with E-state index in [0.29, 0.717) is 84.5 Å². The largest absolute Gasteiger partial charge is 0.461 e. The maximum absolute atomic E-state index is 17.1. The number of fused-ring (bicyclic) bond motifs is 2. The maximum Gasteiger partial charge on any atom is 0.319 e. The molecule has 10 nitrogen and oxygen atoms in total. The fraction of sp³-hybridized carbons (Fsp3) is 0.588. The first-order chi connectivity index (χ1) is 22.7. The summed E-state index contributed by atoms with van der Waals surface area (Å²) in [6, 6.07) is 1.88. The zero-order chi connectivity index (χ0) is 32.0. The van der Waals surface area contributed by atoms with E-state index in [2.05, 4.69) is 25.0 Å². The van der Waals surface area contributed by atoms with Crippen molar-refractivity contribution in [1.82, 2.24) is 30.0 Å². The summed E-state index contributed by atoms with van der Waals surface area (Å²) in [6.07, 6.45) is 8.99. The molecule has 4 fully saturated rings. The van der Waals surface area contributed by atoms with Crippen LogP contribution in [0.1, 0.15) is 56.9 Å². The molecule has 2 N–H and O–H groups in total. The number of aliphatic hydroxyl groups is 1. The Kier molecular flexibility index (Phi) is 6.95. The quantitative estimate of drug-likeness (QED) is 0.298. The fourth-order valence-corrected chi connectivity index (χ4v) is 9.80. The molecule has 1 spiro atoms. The molecule has 4 aromatic rings. The number of benzene rings is 1. The summed E-state index contributed by atoms with van der Waals surface area (Å²) in [6.45, 7) is 3.59. The molecule has 3 saturated heterocycles. The van der Waals surface area contributed by atoms with Gasteiger partial charge in [-0.3, -0.25) is 15.0 Å². The van der Waals surface area contributed by atoms with Gasteiger partial charge in [0.15, 0.2) is 5.82 Å². The fourth-order valence-electron chi connectivity index (χ4n) is 9.50. The second-order valence-corrected chi connectivity index (χ2v) is 15.1. The number of anilines is 1. The maximum atomic E-state index is 17.1. The van der Waals surface area contributed by atoms with Gasteiger partial charge in [-0.15, -0.1) is 0 Å². The van der Waals surface area contributed by atoms with Gasteiger partial charge in [-0.2, -0.15) is 15.1 Å². The van der Waals surface area contributed by atoms with Gasteiger partial charge in [-0.25, -0.2) is 8.78 Å². The van der Waals surface area contributed by atoms with Crippen LogP contribution in [0.15, 0.2) is 18.5 Å². The summed E-state index contributed by atoms with van der Waals surface area (Å²) in [4.78, 5) is 18.7. The van der Waals surface area contributed by atoms with E-state index in [4.69, 9.17) is 31.0 Å². The second kappa shape index (κ2) is 10.9. The van der Waals surface area contributed by atoms with Gasteiger partial charge >= 0.3 is 6.01 Å². The molecule has 248 valence electrons. The Morgan fingerprint density at radius 3 is 2.89 bits per heavy atom. The minimum absolute atomic E-state index is 0.0721. The summed E-state index contributed by atoms with van der Waals surface area (Å²) in [5.74, 6) is -0.0222. The lowest BCUT2D eigenvalue weighted by Crippen LogP contribution is -2.60. The summed E-state index contributed by atoms with van der Waals surface area (Å²) in [7, 11) is 0. The number of halogens is 3. The molecular formula is C34H38ClF2N7O3. The smallest absolute Gasteiger partial charge is 0.319 e.